The Hall–Kier alpha value is -0.940. The van der Waals surface area contributed by atoms with E-state index in [4.69, 9.17) is 4.52 Å². The molecule has 1 saturated heterocycles. The maximum atomic E-state index is 5.23. The van der Waals surface area contributed by atoms with E-state index in [1.54, 1.807) is 0 Å². The third-order valence-electron chi connectivity index (χ3n) is 3.02. The van der Waals surface area contributed by atoms with Crippen molar-refractivity contribution < 1.29 is 4.52 Å². The van der Waals surface area contributed by atoms with Gasteiger partial charge in [0.2, 0.25) is 5.89 Å². The lowest BCUT2D eigenvalue weighted by atomic mass is 10.2. The van der Waals surface area contributed by atoms with Gasteiger partial charge >= 0.3 is 0 Å². The zero-order chi connectivity index (χ0) is 11.5. The molecule has 0 aliphatic carbocycles. The van der Waals surface area contributed by atoms with Crippen LogP contribution in [0.2, 0.25) is 0 Å². The average molecular weight is 224 g/mol. The molecule has 2 rings (SSSR count). The lowest BCUT2D eigenvalue weighted by Crippen LogP contribution is -2.44. The minimum Gasteiger partial charge on any atom is -0.339 e. The lowest BCUT2D eigenvalue weighted by molar-refractivity contribution is 0.176. The van der Waals surface area contributed by atoms with Crippen LogP contribution in [0, 0.1) is 0 Å². The van der Waals surface area contributed by atoms with Crippen molar-refractivity contribution >= 4 is 0 Å². The van der Waals surface area contributed by atoms with Crippen LogP contribution < -0.4 is 5.32 Å². The van der Waals surface area contributed by atoms with Crippen molar-refractivity contribution in [3.63, 3.8) is 0 Å². The molecule has 1 atom stereocenters. The molecule has 90 valence electrons. The van der Waals surface area contributed by atoms with Gasteiger partial charge in [-0.1, -0.05) is 19.0 Å². The topological polar surface area (TPSA) is 54.2 Å². The van der Waals surface area contributed by atoms with Gasteiger partial charge in [-0.05, 0) is 6.92 Å². The highest BCUT2D eigenvalue weighted by molar-refractivity contribution is 4.96. The predicted molar refractivity (Wildman–Crippen MR) is 61.2 cm³/mol. The molecule has 0 amide bonds. The van der Waals surface area contributed by atoms with Crippen molar-refractivity contribution in [2.24, 2.45) is 0 Å². The maximum Gasteiger partial charge on any atom is 0.229 e. The molecule has 1 N–H and O–H groups in total. The van der Waals surface area contributed by atoms with Crippen molar-refractivity contribution in [2.45, 2.75) is 32.7 Å². The molecule has 1 aliphatic heterocycles. The first kappa shape index (κ1) is 11.5. The van der Waals surface area contributed by atoms with Crippen molar-refractivity contribution in [2.75, 3.05) is 26.2 Å². The normalized spacial score (nSPS) is 20.2. The summed E-state index contributed by atoms with van der Waals surface area (Å²) < 4.78 is 5.23. The van der Waals surface area contributed by atoms with Crippen molar-refractivity contribution in [3.8, 4) is 0 Å². The Morgan fingerprint density at radius 2 is 1.94 bits per heavy atom. The monoisotopic (exact) mass is 224 g/mol. The van der Waals surface area contributed by atoms with E-state index in [2.05, 4.69) is 41.1 Å². The first-order valence-corrected chi connectivity index (χ1v) is 5.96. The quantitative estimate of drug-likeness (QED) is 0.835. The minimum absolute atomic E-state index is 0.248. The molecule has 0 saturated carbocycles. The fourth-order valence-electron chi connectivity index (χ4n) is 1.88. The summed E-state index contributed by atoms with van der Waals surface area (Å²) in [7, 11) is 0. The fraction of sp³-hybridized carbons (Fsp3) is 0.818. The third kappa shape index (κ3) is 2.41. The predicted octanol–water partition coefficient (Wildman–Crippen LogP) is 1.16. The Bertz CT molecular complexity index is 330. The molecule has 2 heterocycles. The van der Waals surface area contributed by atoms with E-state index in [1.807, 2.05) is 0 Å². The summed E-state index contributed by atoms with van der Waals surface area (Å²) in [5.74, 6) is 1.85. The van der Waals surface area contributed by atoms with Crippen LogP contribution in [0.1, 0.15) is 44.4 Å². The van der Waals surface area contributed by atoms with Crippen LogP contribution in [-0.4, -0.2) is 41.2 Å². The molecule has 5 nitrogen and oxygen atoms in total. The molecule has 1 fully saturated rings. The van der Waals surface area contributed by atoms with Crippen LogP contribution in [0.3, 0.4) is 0 Å². The number of aromatic nitrogens is 2. The van der Waals surface area contributed by atoms with Crippen molar-refractivity contribution in [1.82, 2.24) is 20.4 Å². The second kappa shape index (κ2) is 4.93. The molecular weight excluding hydrogens is 204 g/mol. The molecule has 16 heavy (non-hydrogen) atoms. The van der Waals surface area contributed by atoms with E-state index in [1.165, 1.54) is 0 Å². The molecule has 1 aromatic rings. The Labute approximate surface area is 96.2 Å². The zero-order valence-corrected chi connectivity index (χ0v) is 10.2. The van der Waals surface area contributed by atoms with Gasteiger partial charge in [0.05, 0.1) is 6.04 Å². The third-order valence-corrected chi connectivity index (χ3v) is 3.02. The molecule has 0 spiro atoms. The molecule has 1 aliphatic rings. The van der Waals surface area contributed by atoms with Gasteiger partial charge in [-0.3, -0.25) is 4.90 Å². The highest BCUT2D eigenvalue weighted by atomic mass is 16.5. The van der Waals surface area contributed by atoms with E-state index >= 15 is 0 Å². The van der Waals surface area contributed by atoms with Crippen molar-refractivity contribution in [3.05, 3.63) is 11.7 Å². The summed E-state index contributed by atoms with van der Waals surface area (Å²) in [4.78, 5) is 6.83. The Morgan fingerprint density at radius 3 is 2.50 bits per heavy atom. The number of piperazine rings is 1. The van der Waals surface area contributed by atoms with Gasteiger partial charge in [0.25, 0.3) is 0 Å². The second-order valence-electron chi connectivity index (χ2n) is 4.61. The first-order chi connectivity index (χ1) is 7.68. The Morgan fingerprint density at radius 1 is 1.25 bits per heavy atom. The number of hydrogen-bond acceptors (Lipinski definition) is 5. The van der Waals surface area contributed by atoms with Crippen LogP contribution in [-0.2, 0) is 0 Å². The summed E-state index contributed by atoms with van der Waals surface area (Å²) in [5, 5.41) is 7.40. The second-order valence-corrected chi connectivity index (χ2v) is 4.61. The summed E-state index contributed by atoms with van der Waals surface area (Å²) in [5.41, 5.74) is 0. The highest BCUT2D eigenvalue weighted by Gasteiger charge is 2.22. The van der Waals surface area contributed by atoms with E-state index in [9.17, 15) is 0 Å². The molecule has 0 radical (unpaired) electrons. The van der Waals surface area contributed by atoms with Crippen LogP contribution in [0.4, 0.5) is 0 Å². The molecule has 1 unspecified atom stereocenters. The number of nitrogens with zero attached hydrogens (tertiary/aromatic N) is 3. The van der Waals surface area contributed by atoms with Crippen LogP contribution in [0.5, 0.6) is 0 Å². The number of nitrogens with one attached hydrogen (secondary N) is 1. The van der Waals surface area contributed by atoms with Crippen LogP contribution in [0.15, 0.2) is 4.52 Å². The minimum atomic E-state index is 0.248. The molecular formula is C11H20N4O. The van der Waals surface area contributed by atoms with Crippen molar-refractivity contribution in [1.29, 1.82) is 0 Å². The number of hydrogen-bond donors (Lipinski definition) is 1. The molecule has 1 aromatic heterocycles. The van der Waals surface area contributed by atoms with Gasteiger partial charge in [-0.2, -0.15) is 4.98 Å². The zero-order valence-electron chi connectivity index (χ0n) is 10.2. The average Bonchev–Trinajstić information content (AvgIpc) is 2.78. The smallest absolute Gasteiger partial charge is 0.229 e. The summed E-state index contributed by atoms with van der Waals surface area (Å²) >= 11 is 0. The van der Waals surface area contributed by atoms with Gasteiger partial charge < -0.3 is 9.84 Å². The summed E-state index contributed by atoms with van der Waals surface area (Å²) in [6.07, 6.45) is 0. The molecule has 5 heteroatoms. The highest BCUT2D eigenvalue weighted by Crippen LogP contribution is 2.19. The first-order valence-electron chi connectivity index (χ1n) is 5.96. The molecule has 0 aromatic carbocycles. The van der Waals surface area contributed by atoms with Gasteiger partial charge in [-0.25, -0.2) is 0 Å². The van der Waals surface area contributed by atoms with Crippen LogP contribution >= 0.6 is 0 Å². The standard InChI is InChI=1S/C11H20N4O/c1-8(2)11-13-10(14-16-11)9(3)15-6-4-12-5-7-15/h8-9,12H,4-7H2,1-3H3. The Kier molecular flexibility index (Phi) is 3.56. The molecule has 0 bridgehead atoms. The number of rotatable bonds is 3. The van der Waals surface area contributed by atoms with E-state index in [-0.39, 0.29) is 6.04 Å². The Balaban J connectivity index is 2.04. The maximum absolute atomic E-state index is 5.23. The summed E-state index contributed by atoms with van der Waals surface area (Å²) in [6.45, 7) is 10.4. The van der Waals surface area contributed by atoms with E-state index in [0.29, 0.717) is 5.92 Å². The van der Waals surface area contributed by atoms with Gasteiger partial charge in [0.1, 0.15) is 0 Å². The van der Waals surface area contributed by atoms with E-state index in [0.717, 1.165) is 37.9 Å². The van der Waals surface area contributed by atoms with Gasteiger partial charge in [0.15, 0.2) is 5.82 Å². The fourth-order valence-corrected chi connectivity index (χ4v) is 1.88. The van der Waals surface area contributed by atoms with Crippen LogP contribution in [0.25, 0.3) is 0 Å². The SMILES string of the molecule is CC(C)c1nc(C(C)N2CCNCC2)no1. The summed E-state index contributed by atoms with van der Waals surface area (Å²) in [6, 6.07) is 0.248. The van der Waals surface area contributed by atoms with E-state index < -0.39 is 0 Å². The lowest BCUT2D eigenvalue weighted by Gasteiger charge is -2.30. The van der Waals surface area contributed by atoms with Gasteiger partial charge in [-0.15, -0.1) is 0 Å². The van der Waals surface area contributed by atoms with Gasteiger partial charge in [0, 0.05) is 32.1 Å². The largest absolute Gasteiger partial charge is 0.339 e.